The van der Waals surface area contributed by atoms with Gasteiger partial charge in [0.1, 0.15) is 18.1 Å². The van der Waals surface area contributed by atoms with Gasteiger partial charge in [-0.05, 0) is 66.5 Å². The summed E-state index contributed by atoms with van der Waals surface area (Å²) in [5.41, 5.74) is 6.43. The number of halogens is 1. The Morgan fingerprint density at radius 1 is 1.04 bits per heavy atom. The van der Waals surface area contributed by atoms with Gasteiger partial charge in [-0.15, -0.1) is 0 Å². The fourth-order valence-electron chi connectivity index (χ4n) is 3.40. The quantitative estimate of drug-likeness (QED) is 0.910. The van der Waals surface area contributed by atoms with E-state index < -0.39 is 0 Å². The third-order valence-corrected chi connectivity index (χ3v) is 5.11. The zero-order valence-corrected chi connectivity index (χ0v) is 14.7. The zero-order chi connectivity index (χ0) is 17.1. The Morgan fingerprint density at radius 2 is 1.79 bits per heavy atom. The Labute approximate surface area is 143 Å². The first kappa shape index (κ1) is 16.7. The summed E-state index contributed by atoms with van der Waals surface area (Å²) >= 11 is 0. The van der Waals surface area contributed by atoms with Crippen molar-refractivity contribution in [2.75, 3.05) is 20.2 Å². The van der Waals surface area contributed by atoms with E-state index in [0.717, 1.165) is 37.4 Å². The van der Waals surface area contributed by atoms with Crippen LogP contribution in [0.5, 0.6) is 5.75 Å². The van der Waals surface area contributed by atoms with Crippen molar-refractivity contribution in [1.29, 1.82) is 0 Å². The molecule has 24 heavy (non-hydrogen) atoms. The van der Waals surface area contributed by atoms with E-state index in [1.807, 2.05) is 12.1 Å². The van der Waals surface area contributed by atoms with Crippen molar-refractivity contribution in [2.24, 2.45) is 0 Å². The Morgan fingerprint density at radius 3 is 2.42 bits per heavy atom. The maximum absolute atomic E-state index is 13.1. The second kappa shape index (κ2) is 7.18. The fourth-order valence-corrected chi connectivity index (χ4v) is 3.40. The van der Waals surface area contributed by atoms with E-state index in [9.17, 15) is 4.39 Å². The molecule has 0 amide bonds. The number of methoxy groups -OCH3 is 1. The SMILES string of the molecule is COc1ccc(C[NH+]2CC=C(c3ccc(F)cc3)CC2)c(C)c1C. The van der Waals surface area contributed by atoms with Crippen LogP contribution in [0.2, 0.25) is 0 Å². The summed E-state index contributed by atoms with van der Waals surface area (Å²) in [7, 11) is 1.72. The lowest BCUT2D eigenvalue weighted by Gasteiger charge is -2.25. The molecule has 2 aromatic rings. The van der Waals surface area contributed by atoms with Crippen LogP contribution in [0.25, 0.3) is 5.57 Å². The van der Waals surface area contributed by atoms with Gasteiger partial charge in [0.05, 0.1) is 20.2 Å². The van der Waals surface area contributed by atoms with Gasteiger partial charge in [0.25, 0.3) is 0 Å². The van der Waals surface area contributed by atoms with E-state index in [2.05, 4.69) is 32.1 Å². The van der Waals surface area contributed by atoms with Crippen molar-refractivity contribution in [3.8, 4) is 5.75 Å². The van der Waals surface area contributed by atoms with E-state index in [0.29, 0.717) is 0 Å². The van der Waals surface area contributed by atoms with Gasteiger partial charge in [0.15, 0.2) is 0 Å². The van der Waals surface area contributed by atoms with Crippen LogP contribution in [0.1, 0.15) is 28.7 Å². The van der Waals surface area contributed by atoms with Crippen molar-refractivity contribution in [3.63, 3.8) is 0 Å². The van der Waals surface area contributed by atoms with Crippen LogP contribution in [0.4, 0.5) is 4.39 Å². The summed E-state index contributed by atoms with van der Waals surface area (Å²) in [6, 6.07) is 11.1. The molecule has 0 saturated heterocycles. The van der Waals surface area contributed by atoms with Gasteiger partial charge in [-0.3, -0.25) is 0 Å². The highest BCUT2D eigenvalue weighted by atomic mass is 19.1. The molecule has 0 saturated carbocycles. The topological polar surface area (TPSA) is 13.7 Å². The third-order valence-electron chi connectivity index (χ3n) is 5.11. The molecule has 1 N–H and O–H groups in total. The van der Waals surface area contributed by atoms with Crippen LogP contribution in [0.15, 0.2) is 42.5 Å². The highest BCUT2D eigenvalue weighted by Gasteiger charge is 2.18. The monoisotopic (exact) mass is 326 g/mol. The first-order valence-electron chi connectivity index (χ1n) is 8.50. The first-order valence-corrected chi connectivity index (χ1v) is 8.50. The number of nitrogens with one attached hydrogen (secondary N) is 1. The second-order valence-electron chi connectivity index (χ2n) is 6.54. The fraction of sp³-hybridized carbons (Fsp3) is 0.333. The molecule has 0 spiro atoms. The van der Waals surface area contributed by atoms with Gasteiger partial charge >= 0.3 is 0 Å². The summed E-state index contributed by atoms with van der Waals surface area (Å²) in [5.74, 6) is 0.788. The Kier molecular flexibility index (Phi) is 5.00. The van der Waals surface area contributed by atoms with Crippen molar-refractivity contribution >= 4 is 5.57 Å². The van der Waals surface area contributed by atoms with Crippen LogP contribution >= 0.6 is 0 Å². The molecule has 2 nitrogen and oxygen atoms in total. The molecule has 0 radical (unpaired) electrons. The molecule has 0 aliphatic carbocycles. The van der Waals surface area contributed by atoms with Crippen LogP contribution in [0, 0.1) is 19.7 Å². The second-order valence-corrected chi connectivity index (χ2v) is 6.54. The molecule has 2 aromatic carbocycles. The lowest BCUT2D eigenvalue weighted by molar-refractivity contribution is -0.908. The van der Waals surface area contributed by atoms with Crippen molar-refractivity contribution < 1.29 is 14.0 Å². The minimum atomic E-state index is -0.173. The van der Waals surface area contributed by atoms with E-state index >= 15 is 0 Å². The molecule has 1 heterocycles. The highest BCUT2D eigenvalue weighted by Crippen LogP contribution is 2.24. The van der Waals surface area contributed by atoms with Crippen LogP contribution in [-0.4, -0.2) is 20.2 Å². The average molecular weight is 326 g/mol. The van der Waals surface area contributed by atoms with Crippen LogP contribution in [0.3, 0.4) is 0 Å². The lowest BCUT2D eigenvalue weighted by atomic mass is 9.98. The van der Waals surface area contributed by atoms with Gasteiger partial charge in [0.2, 0.25) is 0 Å². The van der Waals surface area contributed by atoms with Gasteiger partial charge in [-0.1, -0.05) is 12.1 Å². The number of hydrogen-bond donors (Lipinski definition) is 1. The minimum Gasteiger partial charge on any atom is -0.496 e. The van der Waals surface area contributed by atoms with Crippen LogP contribution in [-0.2, 0) is 6.54 Å². The standard InChI is InChI=1S/C21H24FNO/c1-15-16(2)21(24-3)9-6-19(15)14-23-12-10-18(11-13-23)17-4-7-20(22)8-5-17/h4-10H,11-14H2,1-3H3/p+1. The van der Waals surface area contributed by atoms with Crippen molar-refractivity contribution in [3.05, 3.63) is 70.5 Å². The largest absolute Gasteiger partial charge is 0.496 e. The Hall–Kier alpha value is -2.13. The van der Waals surface area contributed by atoms with Crippen molar-refractivity contribution in [2.45, 2.75) is 26.8 Å². The number of rotatable bonds is 4. The molecular weight excluding hydrogens is 301 g/mol. The summed E-state index contributed by atoms with van der Waals surface area (Å²) in [4.78, 5) is 1.56. The number of benzene rings is 2. The number of quaternary nitrogens is 1. The normalized spacial score (nSPS) is 17.5. The predicted octanol–water partition coefficient (Wildman–Crippen LogP) is 3.32. The van der Waals surface area contributed by atoms with Gasteiger partial charge < -0.3 is 9.64 Å². The smallest absolute Gasteiger partial charge is 0.123 e. The van der Waals surface area contributed by atoms with Gasteiger partial charge in [-0.2, -0.15) is 0 Å². The van der Waals surface area contributed by atoms with Gasteiger partial charge in [0, 0.05) is 12.0 Å². The molecular formula is C21H25FNO+. The highest BCUT2D eigenvalue weighted by molar-refractivity contribution is 5.65. The van der Waals surface area contributed by atoms with Gasteiger partial charge in [-0.25, -0.2) is 4.39 Å². The number of hydrogen-bond acceptors (Lipinski definition) is 1. The maximum Gasteiger partial charge on any atom is 0.123 e. The van der Waals surface area contributed by atoms with Crippen molar-refractivity contribution in [1.82, 2.24) is 0 Å². The molecule has 3 heteroatoms. The molecule has 1 aliphatic heterocycles. The van der Waals surface area contributed by atoms with E-state index in [1.54, 1.807) is 24.1 Å². The average Bonchev–Trinajstić information content (AvgIpc) is 2.61. The Balaban J connectivity index is 1.69. The minimum absolute atomic E-state index is 0.173. The molecule has 0 aromatic heterocycles. The molecule has 1 aliphatic rings. The summed E-state index contributed by atoms with van der Waals surface area (Å²) in [6.07, 6.45) is 3.34. The summed E-state index contributed by atoms with van der Waals surface area (Å²) in [6.45, 7) is 7.45. The first-order chi connectivity index (χ1) is 11.6. The zero-order valence-electron chi connectivity index (χ0n) is 14.7. The van der Waals surface area contributed by atoms with E-state index in [1.165, 1.54) is 22.3 Å². The summed E-state index contributed by atoms with van der Waals surface area (Å²) < 4.78 is 18.4. The summed E-state index contributed by atoms with van der Waals surface area (Å²) in [5, 5.41) is 0. The number of ether oxygens (including phenoxy) is 1. The lowest BCUT2D eigenvalue weighted by Crippen LogP contribution is -3.11. The van der Waals surface area contributed by atoms with Crippen LogP contribution < -0.4 is 9.64 Å². The maximum atomic E-state index is 13.1. The molecule has 126 valence electrons. The molecule has 3 rings (SSSR count). The third kappa shape index (κ3) is 3.51. The predicted molar refractivity (Wildman–Crippen MR) is 95.9 cm³/mol. The van der Waals surface area contributed by atoms with E-state index in [4.69, 9.17) is 4.74 Å². The Bertz CT molecular complexity index is 749. The van der Waals surface area contributed by atoms with E-state index in [-0.39, 0.29) is 5.82 Å². The molecule has 0 fully saturated rings. The molecule has 1 atom stereocenters. The molecule has 1 unspecified atom stereocenters. The molecule has 0 bridgehead atoms.